The topological polar surface area (TPSA) is 90.9 Å². The van der Waals surface area contributed by atoms with Crippen molar-refractivity contribution in [3.05, 3.63) is 23.3 Å². The summed E-state index contributed by atoms with van der Waals surface area (Å²) < 4.78 is 16.9. The van der Waals surface area contributed by atoms with Gasteiger partial charge in [-0.15, -0.1) is 0 Å². The summed E-state index contributed by atoms with van der Waals surface area (Å²) in [5, 5.41) is 3.06. The quantitative estimate of drug-likeness (QED) is 0.0283. The summed E-state index contributed by atoms with van der Waals surface area (Å²) in [6.07, 6.45) is 30.6. The summed E-state index contributed by atoms with van der Waals surface area (Å²) in [7, 11) is 1.86. The van der Waals surface area contributed by atoms with Crippen molar-refractivity contribution in [1.82, 2.24) is 5.32 Å². The molecule has 7 heteroatoms. The van der Waals surface area contributed by atoms with Crippen LogP contribution < -0.4 is 5.32 Å². The van der Waals surface area contributed by atoms with E-state index in [9.17, 15) is 14.4 Å². The van der Waals surface area contributed by atoms with Gasteiger partial charge in [0.1, 0.15) is 19.3 Å². The average Bonchev–Trinajstić information content (AvgIpc) is 3.17. The summed E-state index contributed by atoms with van der Waals surface area (Å²) in [6.45, 7) is 24.5. The minimum atomic E-state index is -0.340. The lowest BCUT2D eigenvalue weighted by Gasteiger charge is -2.18. The molecule has 0 radical (unpaired) electrons. The maximum atomic E-state index is 12.5. The third-order valence-electron chi connectivity index (χ3n) is 12.6. The molecule has 4 atom stereocenters. The summed E-state index contributed by atoms with van der Waals surface area (Å²) in [6, 6.07) is 0. The number of allylic oxidation sites excluding steroid dienone is 2. The van der Waals surface area contributed by atoms with Crippen molar-refractivity contribution in [2.24, 2.45) is 35.5 Å². The molecule has 358 valence electrons. The molecule has 7 nitrogen and oxygen atoms in total. The van der Waals surface area contributed by atoms with Gasteiger partial charge in [-0.05, 0) is 133 Å². The zero-order chi connectivity index (χ0) is 45.7. The molecule has 0 aliphatic carbocycles. The van der Waals surface area contributed by atoms with Crippen molar-refractivity contribution < 1.29 is 28.6 Å². The molecular weight excluding hydrogens is 759 g/mol. The van der Waals surface area contributed by atoms with Crippen LogP contribution in [0.1, 0.15) is 236 Å². The first-order valence-corrected chi connectivity index (χ1v) is 25.6. The number of hydrogen-bond donors (Lipinski definition) is 1. The van der Waals surface area contributed by atoms with Gasteiger partial charge in [-0.1, -0.05) is 156 Å². The summed E-state index contributed by atoms with van der Waals surface area (Å²) >= 11 is 0. The Balaban J connectivity index is 4.43. The molecule has 0 heterocycles. The molecule has 0 aromatic heterocycles. The maximum Gasteiger partial charge on any atom is 0.306 e. The highest BCUT2D eigenvalue weighted by atomic mass is 16.5. The van der Waals surface area contributed by atoms with E-state index >= 15 is 0 Å². The normalized spacial score (nSPS) is 14.8. The van der Waals surface area contributed by atoms with Crippen LogP contribution in [0.15, 0.2) is 23.3 Å². The Labute approximate surface area is 378 Å². The van der Waals surface area contributed by atoms with E-state index < -0.39 is 0 Å². The number of carbonyl (C=O) groups excluding carboxylic acids is 3. The van der Waals surface area contributed by atoms with Gasteiger partial charge in [0.05, 0.1) is 0 Å². The fourth-order valence-electron chi connectivity index (χ4n) is 8.18. The monoisotopic (exact) mass is 860 g/mol. The van der Waals surface area contributed by atoms with Gasteiger partial charge in [-0.3, -0.25) is 14.4 Å². The molecule has 0 rings (SSSR count). The van der Waals surface area contributed by atoms with Crippen molar-refractivity contribution in [3.63, 3.8) is 0 Å². The summed E-state index contributed by atoms with van der Waals surface area (Å²) in [5.74, 6) is 4.12. The van der Waals surface area contributed by atoms with Crippen LogP contribution in [0.3, 0.4) is 0 Å². The molecule has 0 saturated heterocycles. The van der Waals surface area contributed by atoms with Crippen molar-refractivity contribution >= 4 is 17.9 Å². The third-order valence-corrected chi connectivity index (χ3v) is 12.6. The van der Waals surface area contributed by atoms with Crippen LogP contribution in [0.5, 0.6) is 0 Å². The molecule has 0 amide bonds. The standard InChI is InChI=1S/C54H101NO6/c1-43(2)21-12-23-45(5)25-14-27-47(7)29-16-31-49(9)38-41-59-52(56)35-18-33-51(61-54(58)37-20-40-55-11)34-19-36-53(57)60-42-39-50(10)32-17-30-48(8)28-15-26-46(6)24-13-22-44(3)4/h38-39,43-48,51,55H,12-37,40-42H2,1-11H3/b49-38+,50-39+. The van der Waals surface area contributed by atoms with E-state index in [0.29, 0.717) is 51.7 Å². The lowest BCUT2D eigenvalue weighted by Crippen LogP contribution is -2.20. The Hall–Kier alpha value is -2.15. The predicted octanol–water partition coefficient (Wildman–Crippen LogP) is 15.1. The minimum Gasteiger partial charge on any atom is -0.462 e. The molecule has 1 N–H and O–H groups in total. The van der Waals surface area contributed by atoms with E-state index in [4.69, 9.17) is 14.2 Å². The number of rotatable bonds is 41. The molecule has 0 spiro atoms. The van der Waals surface area contributed by atoms with Gasteiger partial charge >= 0.3 is 17.9 Å². The van der Waals surface area contributed by atoms with Crippen LogP contribution in [0.2, 0.25) is 0 Å². The second kappa shape index (κ2) is 39.4. The van der Waals surface area contributed by atoms with E-state index in [1.165, 1.54) is 114 Å². The van der Waals surface area contributed by atoms with Gasteiger partial charge in [-0.25, -0.2) is 0 Å². The molecule has 4 unspecified atom stereocenters. The lowest BCUT2D eigenvalue weighted by atomic mass is 9.91. The summed E-state index contributed by atoms with van der Waals surface area (Å²) in [5.41, 5.74) is 2.54. The van der Waals surface area contributed by atoms with E-state index in [1.54, 1.807) is 0 Å². The zero-order valence-corrected chi connectivity index (χ0v) is 42.2. The molecule has 0 aliphatic heterocycles. The molecule has 0 bridgehead atoms. The molecule has 61 heavy (non-hydrogen) atoms. The first-order valence-electron chi connectivity index (χ1n) is 25.6. The van der Waals surface area contributed by atoms with Crippen molar-refractivity contribution in [3.8, 4) is 0 Å². The first kappa shape index (κ1) is 58.9. The second-order valence-corrected chi connectivity index (χ2v) is 20.3. The largest absolute Gasteiger partial charge is 0.462 e. The van der Waals surface area contributed by atoms with Gasteiger partial charge < -0.3 is 19.5 Å². The van der Waals surface area contributed by atoms with Crippen molar-refractivity contribution in [2.75, 3.05) is 26.8 Å². The van der Waals surface area contributed by atoms with Gasteiger partial charge in [0, 0.05) is 19.3 Å². The average molecular weight is 860 g/mol. The lowest BCUT2D eigenvalue weighted by molar-refractivity contribution is -0.150. The zero-order valence-electron chi connectivity index (χ0n) is 42.2. The fourth-order valence-corrected chi connectivity index (χ4v) is 8.18. The molecule has 0 aliphatic rings. The highest BCUT2D eigenvalue weighted by molar-refractivity contribution is 5.70. The van der Waals surface area contributed by atoms with E-state index in [0.717, 1.165) is 54.9 Å². The Kier molecular flexibility index (Phi) is 38.1. The van der Waals surface area contributed by atoms with Crippen molar-refractivity contribution in [1.29, 1.82) is 0 Å². The second-order valence-electron chi connectivity index (χ2n) is 20.3. The summed E-state index contributed by atoms with van der Waals surface area (Å²) in [4.78, 5) is 37.6. The number of esters is 3. The Bertz CT molecular complexity index is 1070. The van der Waals surface area contributed by atoms with Gasteiger partial charge in [0.25, 0.3) is 0 Å². The van der Waals surface area contributed by atoms with E-state index in [2.05, 4.69) is 74.6 Å². The van der Waals surface area contributed by atoms with Crippen LogP contribution in [0.25, 0.3) is 0 Å². The highest BCUT2D eigenvalue weighted by Gasteiger charge is 2.17. The Morgan fingerprint density at radius 1 is 0.426 bits per heavy atom. The van der Waals surface area contributed by atoms with Crippen molar-refractivity contribution in [2.45, 2.75) is 242 Å². The number of carbonyl (C=O) groups is 3. The minimum absolute atomic E-state index is 0.232. The molecular formula is C54H101NO6. The van der Waals surface area contributed by atoms with Gasteiger partial charge in [0.2, 0.25) is 0 Å². The number of ether oxygens (including phenoxy) is 3. The number of nitrogens with one attached hydrogen (secondary N) is 1. The third kappa shape index (κ3) is 40.4. The van der Waals surface area contributed by atoms with Crippen LogP contribution >= 0.6 is 0 Å². The molecule has 0 saturated carbocycles. The Morgan fingerprint density at radius 2 is 0.754 bits per heavy atom. The highest BCUT2D eigenvalue weighted by Crippen LogP contribution is 2.24. The van der Waals surface area contributed by atoms with Gasteiger partial charge in [0.15, 0.2) is 0 Å². The Morgan fingerprint density at radius 3 is 1.11 bits per heavy atom. The molecule has 0 fully saturated rings. The van der Waals surface area contributed by atoms with E-state index in [-0.39, 0.29) is 36.9 Å². The molecule has 0 aromatic carbocycles. The van der Waals surface area contributed by atoms with Crippen LogP contribution in [0, 0.1) is 35.5 Å². The van der Waals surface area contributed by atoms with Gasteiger partial charge in [-0.2, -0.15) is 0 Å². The van der Waals surface area contributed by atoms with Crippen LogP contribution in [-0.4, -0.2) is 50.8 Å². The smallest absolute Gasteiger partial charge is 0.306 e. The van der Waals surface area contributed by atoms with Crippen LogP contribution in [0.4, 0.5) is 0 Å². The first-order chi connectivity index (χ1) is 29.1. The maximum absolute atomic E-state index is 12.5. The number of hydrogen-bond acceptors (Lipinski definition) is 7. The SMILES string of the molecule is CNCCCC(=O)OC(CCCC(=O)OC/C=C(\C)CCCC(C)CCCC(C)CCCC(C)C)CCCC(=O)OC/C=C(\C)CCCC(C)CCCC(C)CCCC(C)C. The van der Waals surface area contributed by atoms with Crippen LogP contribution in [-0.2, 0) is 28.6 Å². The van der Waals surface area contributed by atoms with E-state index in [1.807, 2.05) is 19.2 Å². The fraction of sp³-hybridized carbons (Fsp3) is 0.870. The predicted molar refractivity (Wildman–Crippen MR) is 260 cm³/mol. The molecule has 0 aromatic rings.